The minimum atomic E-state index is -0.943. The summed E-state index contributed by atoms with van der Waals surface area (Å²) in [6, 6.07) is 16.1. The molecular weight excluding hydrogens is 333 g/mol. The summed E-state index contributed by atoms with van der Waals surface area (Å²) in [5.74, 6) is -0.274. The SMILES string of the molecule is C=C(N)C(O)c1ccc(Nc2nc(Nc3ccccc3)ncc2F)cc1. The third-order valence-electron chi connectivity index (χ3n) is 3.61. The van der Waals surface area contributed by atoms with Crippen LogP contribution >= 0.6 is 0 Å². The number of aliphatic hydroxyl groups excluding tert-OH is 1. The Balaban J connectivity index is 1.77. The predicted octanol–water partition coefficient (Wildman–Crippen LogP) is 3.61. The summed E-state index contributed by atoms with van der Waals surface area (Å²) in [6.07, 6.45) is 0.151. The number of nitrogens with two attached hydrogens (primary N) is 1. The lowest BCUT2D eigenvalue weighted by Gasteiger charge is -2.12. The van der Waals surface area contributed by atoms with E-state index in [2.05, 4.69) is 27.2 Å². The number of nitrogens with zero attached hydrogens (tertiary/aromatic N) is 2. The monoisotopic (exact) mass is 351 g/mol. The highest BCUT2D eigenvalue weighted by Crippen LogP contribution is 2.23. The maximum Gasteiger partial charge on any atom is 0.229 e. The van der Waals surface area contributed by atoms with Crippen molar-refractivity contribution in [1.82, 2.24) is 9.97 Å². The van der Waals surface area contributed by atoms with Crippen LogP contribution in [0.4, 0.5) is 27.5 Å². The number of aromatic nitrogens is 2. The van der Waals surface area contributed by atoms with Crippen molar-refractivity contribution in [2.45, 2.75) is 6.10 Å². The van der Waals surface area contributed by atoms with E-state index in [0.29, 0.717) is 11.3 Å². The summed E-state index contributed by atoms with van der Waals surface area (Å²) in [6.45, 7) is 3.52. The fourth-order valence-electron chi connectivity index (χ4n) is 2.27. The Bertz CT molecular complexity index is 900. The second-order valence-corrected chi connectivity index (χ2v) is 5.61. The minimum Gasteiger partial charge on any atom is -0.400 e. The zero-order valence-electron chi connectivity index (χ0n) is 13.9. The Labute approximate surface area is 150 Å². The zero-order chi connectivity index (χ0) is 18.5. The molecule has 0 aliphatic rings. The van der Waals surface area contributed by atoms with E-state index in [1.807, 2.05) is 30.3 Å². The number of halogens is 1. The van der Waals surface area contributed by atoms with Gasteiger partial charge in [-0.1, -0.05) is 36.9 Å². The maximum atomic E-state index is 14.0. The fraction of sp³-hybridized carbons (Fsp3) is 0.0526. The van der Waals surface area contributed by atoms with Crippen LogP contribution in [0.5, 0.6) is 0 Å². The molecule has 0 radical (unpaired) electrons. The van der Waals surface area contributed by atoms with E-state index in [9.17, 15) is 9.50 Å². The van der Waals surface area contributed by atoms with Gasteiger partial charge in [0, 0.05) is 17.1 Å². The Kier molecular flexibility index (Phi) is 5.09. The second kappa shape index (κ2) is 7.62. The normalized spacial score (nSPS) is 11.6. The fourth-order valence-corrected chi connectivity index (χ4v) is 2.27. The molecule has 0 amide bonds. The van der Waals surface area contributed by atoms with Crippen molar-refractivity contribution in [2.75, 3.05) is 10.6 Å². The third-order valence-corrected chi connectivity index (χ3v) is 3.61. The molecule has 0 aliphatic heterocycles. The van der Waals surface area contributed by atoms with Crippen LogP contribution in [0.1, 0.15) is 11.7 Å². The lowest BCUT2D eigenvalue weighted by molar-refractivity contribution is 0.214. The average molecular weight is 351 g/mol. The molecule has 0 aliphatic carbocycles. The van der Waals surface area contributed by atoms with Crippen molar-refractivity contribution in [3.8, 4) is 0 Å². The molecule has 1 aromatic heterocycles. The van der Waals surface area contributed by atoms with Crippen LogP contribution in [0, 0.1) is 5.82 Å². The molecule has 0 saturated heterocycles. The molecule has 26 heavy (non-hydrogen) atoms. The first-order chi connectivity index (χ1) is 12.5. The largest absolute Gasteiger partial charge is 0.400 e. The number of benzene rings is 2. The standard InChI is InChI=1S/C19H18FN5O/c1-12(21)17(26)13-7-9-15(10-8-13)23-18-16(20)11-22-19(25-18)24-14-5-3-2-4-6-14/h2-11,17,26H,1,21H2,(H2,22,23,24,25). The molecule has 0 fully saturated rings. The van der Waals surface area contributed by atoms with Crippen LogP contribution < -0.4 is 16.4 Å². The number of aliphatic hydroxyl groups is 1. The van der Waals surface area contributed by atoms with Gasteiger partial charge in [-0.15, -0.1) is 0 Å². The van der Waals surface area contributed by atoms with Crippen molar-refractivity contribution in [3.63, 3.8) is 0 Å². The highest BCUT2D eigenvalue weighted by molar-refractivity contribution is 5.60. The van der Waals surface area contributed by atoms with Crippen LogP contribution in [-0.4, -0.2) is 15.1 Å². The summed E-state index contributed by atoms with van der Waals surface area (Å²) in [5.41, 5.74) is 7.65. The van der Waals surface area contributed by atoms with Crippen LogP contribution in [0.15, 0.2) is 73.1 Å². The van der Waals surface area contributed by atoms with Crippen LogP contribution in [-0.2, 0) is 0 Å². The van der Waals surface area contributed by atoms with Gasteiger partial charge in [0.2, 0.25) is 5.95 Å². The second-order valence-electron chi connectivity index (χ2n) is 5.61. The molecule has 3 aromatic rings. The molecule has 2 aromatic carbocycles. The Hall–Kier alpha value is -3.45. The van der Waals surface area contributed by atoms with Crippen molar-refractivity contribution in [3.05, 3.63) is 84.5 Å². The van der Waals surface area contributed by atoms with E-state index < -0.39 is 11.9 Å². The number of para-hydroxylation sites is 1. The number of rotatable bonds is 6. The summed E-state index contributed by atoms with van der Waals surface area (Å²) in [4.78, 5) is 8.10. The van der Waals surface area contributed by atoms with Gasteiger partial charge in [-0.05, 0) is 29.8 Å². The highest BCUT2D eigenvalue weighted by atomic mass is 19.1. The van der Waals surface area contributed by atoms with Crippen molar-refractivity contribution in [1.29, 1.82) is 0 Å². The van der Waals surface area contributed by atoms with Gasteiger partial charge in [-0.3, -0.25) is 0 Å². The van der Waals surface area contributed by atoms with E-state index in [4.69, 9.17) is 5.73 Å². The first-order valence-electron chi connectivity index (χ1n) is 7.87. The summed E-state index contributed by atoms with van der Waals surface area (Å²) in [5, 5.41) is 15.8. The van der Waals surface area contributed by atoms with Crippen molar-refractivity contribution < 1.29 is 9.50 Å². The molecule has 6 nitrogen and oxygen atoms in total. The molecule has 1 heterocycles. The number of hydrogen-bond acceptors (Lipinski definition) is 6. The average Bonchev–Trinajstić information content (AvgIpc) is 2.65. The van der Waals surface area contributed by atoms with Gasteiger partial charge >= 0.3 is 0 Å². The Morgan fingerprint density at radius 3 is 2.35 bits per heavy atom. The summed E-state index contributed by atoms with van der Waals surface area (Å²) < 4.78 is 14.0. The highest BCUT2D eigenvalue weighted by Gasteiger charge is 2.10. The summed E-state index contributed by atoms with van der Waals surface area (Å²) >= 11 is 0. The molecule has 0 saturated carbocycles. The molecule has 1 atom stereocenters. The molecule has 1 unspecified atom stereocenters. The van der Waals surface area contributed by atoms with Gasteiger partial charge < -0.3 is 21.5 Å². The van der Waals surface area contributed by atoms with Crippen LogP contribution in [0.2, 0.25) is 0 Å². The van der Waals surface area contributed by atoms with Gasteiger partial charge in [0.15, 0.2) is 11.6 Å². The van der Waals surface area contributed by atoms with Gasteiger partial charge in [0.25, 0.3) is 0 Å². The number of nitrogens with one attached hydrogen (secondary N) is 2. The lowest BCUT2D eigenvalue weighted by atomic mass is 10.1. The minimum absolute atomic E-state index is 0.0370. The maximum absolute atomic E-state index is 14.0. The first kappa shape index (κ1) is 17.4. The number of hydrogen-bond donors (Lipinski definition) is 4. The predicted molar refractivity (Wildman–Crippen MR) is 99.7 cm³/mol. The van der Waals surface area contributed by atoms with Gasteiger partial charge in [0.1, 0.15) is 6.10 Å². The lowest BCUT2D eigenvalue weighted by Crippen LogP contribution is -2.08. The smallest absolute Gasteiger partial charge is 0.229 e. The quantitative estimate of drug-likeness (QED) is 0.542. The van der Waals surface area contributed by atoms with E-state index in [1.54, 1.807) is 24.3 Å². The van der Waals surface area contributed by atoms with Crippen LogP contribution in [0.25, 0.3) is 0 Å². The van der Waals surface area contributed by atoms with E-state index in [-0.39, 0.29) is 17.5 Å². The molecule has 132 valence electrons. The molecular formula is C19H18FN5O. The third kappa shape index (κ3) is 4.14. The van der Waals surface area contributed by atoms with E-state index in [0.717, 1.165) is 11.9 Å². The van der Waals surface area contributed by atoms with Gasteiger partial charge in [-0.2, -0.15) is 4.98 Å². The van der Waals surface area contributed by atoms with E-state index in [1.165, 1.54) is 0 Å². The Morgan fingerprint density at radius 2 is 1.69 bits per heavy atom. The van der Waals surface area contributed by atoms with Crippen LogP contribution in [0.3, 0.4) is 0 Å². The van der Waals surface area contributed by atoms with Gasteiger partial charge in [0.05, 0.1) is 6.20 Å². The molecule has 0 bridgehead atoms. The molecule has 0 spiro atoms. The molecule has 3 rings (SSSR count). The summed E-state index contributed by atoms with van der Waals surface area (Å²) in [7, 11) is 0. The van der Waals surface area contributed by atoms with E-state index >= 15 is 0 Å². The van der Waals surface area contributed by atoms with Gasteiger partial charge in [-0.25, -0.2) is 9.37 Å². The Morgan fingerprint density at radius 1 is 1.04 bits per heavy atom. The molecule has 7 heteroatoms. The van der Waals surface area contributed by atoms with Crippen molar-refractivity contribution in [2.24, 2.45) is 5.73 Å². The number of anilines is 4. The zero-order valence-corrected chi connectivity index (χ0v) is 13.9. The topological polar surface area (TPSA) is 96.1 Å². The molecule has 5 N–H and O–H groups in total. The first-order valence-corrected chi connectivity index (χ1v) is 7.87. The van der Waals surface area contributed by atoms with Crippen molar-refractivity contribution >= 4 is 23.1 Å².